The molecule has 1 aromatic rings. The highest BCUT2D eigenvalue weighted by molar-refractivity contribution is 5.99. The van der Waals surface area contributed by atoms with Crippen molar-refractivity contribution in [2.24, 2.45) is 11.7 Å². The van der Waals surface area contributed by atoms with Crippen molar-refractivity contribution in [3.05, 3.63) is 29.3 Å². The molecule has 43 heavy (non-hydrogen) atoms. The van der Waals surface area contributed by atoms with Crippen molar-refractivity contribution in [3.63, 3.8) is 0 Å². The van der Waals surface area contributed by atoms with Crippen LogP contribution in [0.3, 0.4) is 0 Å². The minimum Gasteiger partial charge on any atom is -0.507 e. The maximum absolute atomic E-state index is 12.0. The fraction of sp³-hybridized carbons (Fsp3) is 0.784. The van der Waals surface area contributed by atoms with Crippen molar-refractivity contribution >= 4 is 11.8 Å². The normalized spacial score (nSPS) is 13.2. The smallest absolute Gasteiger partial charge is 0.339 e. The lowest BCUT2D eigenvalue weighted by Gasteiger charge is -2.25. The number of Topliss-reactive ketones (excluding diaryl/α,β-unsaturated/α-hetero) is 1. The van der Waals surface area contributed by atoms with E-state index in [2.05, 4.69) is 13.8 Å². The summed E-state index contributed by atoms with van der Waals surface area (Å²) in [5, 5.41) is 28.0. The Balaban J connectivity index is 0.000000821. The van der Waals surface area contributed by atoms with E-state index >= 15 is 0 Å². The highest BCUT2D eigenvalue weighted by Crippen LogP contribution is 2.21. The quantitative estimate of drug-likeness (QED) is 0.0473. The Morgan fingerprint density at radius 3 is 1.51 bits per heavy atom. The first kappa shape index (κ1) is 41.1. The summed E-state index contributed by atoms with van der Waals surface area (Å²) in [5.41, 5.74) is 4.82. The van der Waals surface area contributed by atoms with Gasteiger partial charge < -0.3 is 21.1 Å². The lowest BCUT2D eigenvalue weighted by molar-refractivity contribution is 0.00809. The van der Waals surface area contributed by atoms with Gasteiger partial charge in [-0.05, 0) is 43.9 Å². The molecule has 1 aromatic carbocycles. The average molecular weight is 606 g/mol. The number of carboxylic acids is 1. The van der Waals surface area contributed by atoms with Crippen LogP contribution in [0.25, 0.3) is 0 Å². The fourth-order valence-corrected chi connectivity index (χ4v) is 5.21. The highest BCUT2D eigenvalue weighted by Gasteiger charge is 2.21. The third kappa shape index (κ3) is 23.2. The number of carbonyl (C=O) groups excluding carboxylic acids is 1. The number of carboxylic acid groups (broad SMARTS) is 1. The Bertz CT molecular complexity index is 833. The molecule has 1 rings (SSSR count). The van der Waals surface area contributed by atoms with E-state index in [1.807, 2.05) is 6.92 Å². The molecule has 0 spiro atoms. The molecule has 0 bridgehead atoms. The van der Waals surface area contributed by atoms with E-state index in [9.17, 15) is 19.8 Å². The summed E-state index contributed by atoms with van der Waals surface area (Å²) in [6.07, 6.45) is 28.9. The predicted octanol–water partition coefficient (Wildman–Crippen LogP) is 10.6. The molecule has 0 amide bonds. The maximum atomic E-state index is 12.0. The summed E-state index contributed by atoms with van der Waals surface area (Å²) in [7, 11) is 0. The number of aromatic hydroxyl groups is 1. The van der Waals surface area contributed by atoms with Gasteiger partial charge in [-0.25, -0.2) is 4.79 Å². The van der Waals surface area contributed by atoms with Crippen molar-refractivity contribution in [2.45, 2.75) is 181 Å². The molecular formula is C37H67NO5. The van der Waals surface area contributed by atoms with Crippen molar-refractivity contribution in [2.75, 3.05) is 0 Å². The van der Waals surface area contributed by atoms with Crippen LogP contribution in [0.1, 0.15) is 196 Å². The van der Waals surface area contributed by atoms with Gasteiger partial charge in [-0.15, -0.1) is 0 Å². The molecule has 0 aliphatic heterocycles. The number of hydrogen-bond acceptors (Lipinski definition) is 5. The van der Waals surface area contributed by atoms with Crippen LogP contribution in [-0.4, -0.2) is 32.8 Å². The van der Waals surface area contributed by atoms with Crippen LogP contribution in [0.5, 0.6) is 5.75 Å². The summed E-state index contributed by atoms with van der Waals surface area (Å²) in [4.78, 5) is 22.9. The third-order valence-electron chi connectivity index (χ3n) is 8.54. The highest BCUT2D eigenvalue weighted by atomic mass is 16.4. The molecule has 0 heterocycles. The Labute approximate surface area is 264 Å². The Kier molecular flexibility index (Phi) is 25.3. The molecule has 250 valence electrons. The summed E-state index contributed by atoms with van der Waals surface area (Å²) in [5.74, 6) is -1.40. The molecule has 2 unspecified atom stereocenters. The first-order chi connectivity index (χ1) is 20.5. The van der Waals surface area contributed by atoms with Crippen LogP contribution < -0.4 is 5.73 Å². The largest absolute Gasteiger partial charge is 0.507 e. The Morgan fingerprint density at radius 1 is 0.721 bits per heavy atom. The summed E-state index contributed by atoms with van der Waals surface area (Å²) in [6, 6.07) is 3.99. The zero-order chi connectivity index (χ0) is 32.3. The molecule has 6 nitrogen and oxygen atoms in total. The molecule has 0 aliphatic carbocycles. The Morgan fingerprint density at radius 2 is 1.12 bits per heavy atom. The minimum atomic E-state index is -1.22. The number of aromatic carboxylic acids is 1. The molecule has 6 heteroatoms. The SMILES string of the molecule is CCCCCCCCCC(=O)c1ccc(O)c(C(=O)O)c1.CCCCCCCCCCCCCCCCC(C)C(C)(N)O. The number of benzene rings is 1. The number of ketones is 1. The van der Waals surface area contributed by atoms with Gasteiger partial charge >= 0.3 is 5.97 Å². The van der Waals surface area contributed by atoms with Gasteiger partial charge in [-0.1, -0.05) is 149 Å². The minimum absolute atomic E-state index is 0.0638. The number of rotatable bonds is 26. The van der Waals surface area contributed by atoms with Gasteiger partial charge in [0.2, 0.25) is 0 Å². The molecule has 0 saturated carbocycles. The second kappa shape index (κ2) is 26.5. The number of nitrogens with two attached hydrogens (primary N) is 1. The summed E-state index contributed by atoms with van der Waals surface area (Å²) in [6.45, 7) is 8.22. The number of aliphatic hydroxyl groups is 1. The third-order valence-corrected chi connectivity index (χ3v) is 8.54. The van der Waals surface area contributed by atoms with Gasteiger partial charge in [0.05, 0.1) is 0 Å². The number of carbonyl (C=O) groups is 2. The van der Waals surface area contributed by atoms with Crippen LogP contribution in [0.2, 0.25) is 0 Å². The molecule has 0 aromatic heterocycles. The monoisotopic (exact) mass is 606 g/mol. The van der Waals surface area contributed by atoms with Crippen molar-refractivity contribution < 1.29 is 24.9 Å². The molecule has 0 fully saturated rings. The predicted molar refractivity (Wildman–Crippen MR) is 181 cm³/mol. The number of hydrogen-bond donors (Lipinski definition) is 4. The van der Waals surface area contributed by atoms with E-state index in [1.54, 1.807) is 6.92 Å². The zero-order valence-electron chi connectivity index (χ0n) is 28.3. The summed E-state index contributed by atoms with van der Waals surface area (Å²) >= 11 is 0. The van der Waals surface area contributed by atoms with Crippen LogP contribution >= 0.6 is 0 Å². The van der Waals surface area contributed by atoms with Gasteiger partial charge in [0.1, 0.15) is 17.0 Å². The van der Waals surface area contributed by atoms with Gasteiger partial charge in [0.25, 0.3) is 0 Å². The van der Waals surface area contributed by atoms with Crippen LogP contribution in [0.4, 0.5) is 0 Å². The summed E-state index contributed by atoms with van der Waals surface area (Å²) < 4.78 is 0. The fourth-order valence-electron chi connectivity index (χ4n) is 5.21. The molecular weight excluding hydrogens is 538 g/mol. The maximum Gasteiger partial charge on any atom is 0.339 e. The first-order valence-corrected chi connectivity index (χ1v) is 17.6. The second-order valence-electron chi connectivity index (χ2n) is 12.8. The van der Waals surface area contributed by atoms with E-state index in [-0.39, 0.29) is 23.0 Å². The number of phenols is 1. The van der Waals surface area contributed by atoms with Crippen LogP contribution in [-0.2, 0) is 0 Å². The van der Waals surface area contributed by atoms with E-state index in [0.29, 0.717) is 12.0 Å². The van der Waals surface area contributed by atoms with Crippen molar-refractivity contribution in [1.82, 2.24) is 0 Å². The first-order valence-electron chi connectivity index (χ1n) is 17.6. The molecule has 2 atom stereocenters. The molecule has 5 N–H and O–H groups in total. The van der Waals surface area contributed by atoms with Gasteiger partial charge in [-0.2, -0.15) is 0 Å². The Hall–Kier alpha value is -1.92. The van der Waals surface area contributed by atoms with Crippen LogP contribution in [0, 0.1) is 5.92 Å². The lowest BCUT2D eigenvalue weighted by atomic mass is 9.93. The van der Waals surface area contributed by atoms with Gasteiger partial charge in [0, 0.05) is 12.0 Å². The van der Waals surface area contributed by atoms with Crippen molar-refractivity contribution in [3.8, 4) is 5.75 Å². The van der Waals surface area contributed by atoms with E-state index < -0.39 is 11.7 Å². The topological polar surface area (TPSA) is 121 Å². The zero-order valence-corrected chi connectivity index (χ0v) is 28.3. The van der Waals surface area contributed by atoms with E-state index in [1.165, 1.54) is 134 Å². The van der Waals surface area contributed by atoms with E-state index in [4.69, 9.17) is 10.8 Å². The van der Waals surface area contributed by atoms with Gasteiger partial charge in [0.15, 0.2) is 5.78 Å². The molecule has 0 saturated heterocycles. The van der Waals surface area contributed by atoms with Crippen molar-refractivity contribution in [1.29, 1.82) is 0 Å². The standard InChI is InChI=1S/C20H43NO.C17H24O4/c1-4-5-6-7-8-9-10-11-12-13-14-15-16-17-18-19(2)20(3,21)22;1-2-3-4-5-6-7-8-9-15(18)13-10-11-16(19)14(12-13)17(20)21/h19,22H,4-18,21H2,1-3H3;10-12,19H,2-9H2,1H3,(H,20,21). The van der Waals surface area contributed by atoms with E-state index in [0.717, 1.165) is 25.7 Å². The average Bonchev–Trinajstić information content (AvgIpc) is 2.96. The second-order valence-corrected chi connectivity index (χ2v) is 12.8. The molecule has 0 radical (unpaired) electrons. The molecule has 0 aliphatic rings. The van der Waals surface area contributed by atoms with Crippen LogP contribution in [0.15, 0.2) is 18.2 Å². The number of unbranched alkanes of at least 4 members (excludes halogenated alkanes) is 19. The lowest BCUT2D eigenvalue weighted by Crippen LogP contribution is -2.42. The van der Waals surface area contributed by atoms with Gasteiger partial charge in [-0.3, -0.25) is 4.79 Å².